The van der Waals surface area contributed by atoms with Crippen LogP contribution in [0.1, 0.15) is 69.9 Å². The molecule has 0 unspecified atom stereocenters. The van der Waals surface area contributed by atoms with Gasteiger partial charge in [-0.3, -0.25) is 14.5 Å². The molecule has 3 rings (SSSR count). The summed E-state index contributed by atoms with van der Waals surface area (Å²) < 4.78 is 0. The molecule has 1 amide bonds. The first kappa shape index (κ1) is 20.3. The van der Waals surface area contributed by atoms with Crippen LogP contribution in [0.2, 0.25) is 0 Å². The zero-order valence-corrected chi connectivity index (χ0v) is 17.4. The van der Waals surface area contributed by atoms with Crippen LogP contribution in [0.25, 0.3) is 0 Å². The molecule has 1 aliphatic rings. The maximum absolute atomic E-state index is 12.7. The third-order valence-electron chi connectivity index (χ3n) is 5.71. The van der Waals surface area contributed by atoms with E-state index in [0.717, 1.165) is 42.4 Å². The Bertz CT molecular complexity index is 869. The third kappa shape index (κ3) is 4.53. The molecule has 1 aliphatic heterocycles. The normalized spacial score (nSPS) is 17.5. The van der Waals surface area contributed by atoms with Gasteiger partial charge < -0.3 is 10.3 Å². The SMILES string of the molecule is CC(=O)c1c(C)[nH]c(C(=O)NCc2ccccc2CN2CCC[C@@H](C)C2)c1C. The number of aromatic amines is 1. The van der Waals surface area contributed by atoms with E-state index in [1.54, 1.807) is 0 Å². The Hall–Kier alpha value is -2.40. The first-order valence-corrected chi connectivity index (χ1v) is 10.1. The highest BCUT2D eigenvalue weighted by Crippen LogP contribution is 2.21. The molecule has 5 heteroatoms. The maximum Gasteiger partial charge on any atom is 0.268 e. The predicted octanol–water partition coefficient (Wildman–Crippen LogP) is 4.00. The molecule has 150 valence electrons. The summed E-state index contributed by atoms with van der Waals surface area (Å²) in [6.45, 7) is 11.2. The standard InChI is InChI=1S/C23H31N3O2/c1-15-8-7-11-26(13-15)14-20-10-6-5-9-19(20)12-24-23(28)22-16(2)21(18(4)27)17(3)25-22/h5-6,9-10,15,25H,7-8,11-14H2,1-4H3,(H,24,28)/t15-/m1/s1. The Morgan fingerprint density at radius 1 is 1.21 bits per heavy atom. The van der Waals surface area contributed by atoms with Gasteiger partial charge in [0, 0.05) is 30.9 Å². The molecule has 1 atom stereocenters. The van der Waals surface area contributed by atoms with Crippen molar-refractivity contribution in [3.05, 3.63) is 57.9 Å². The van der Waals surface area contributed by atoms with Crippen molar-refractivity contribution < 1.29 is 9.59 Å². The molecule has 2 aromatic rings. The number of carbonyl (C=O) groups is 2. The van der Waals surface area contributed by atoms with Crippen molar-refractivity contribution in [3.63, 3.8) is 0 Å². The van der Waals surface area contributed by atoms with Crippen LogP contribution in [-0.4, -0.2) is 34.7 Å². The second-order valence-electron chi connectivity index (χ2n) is 8.12. The fourth-order valence-corrected chi connectivity index (χ4v) is 4.32. The Morgan fingerprint density at radius 2 is 1.93 bits per heavy atom. The monoisotopic (exact) mass is 381 g/mol. The summed E-state index contributed by atoms with van der Waals surface area (Å²) in [6, 6.07) is 8.31. The van der Waals surface area contributed by atoms with Gasteiger partial charge in [-0.05, 0) is 62.8 Å². The summed E-state index contributed by atoms with van der Waals surface area (Å²) in [5.41, 5.74) is 4.96. The summed E-state index contributed by atoms with van der Waals surface area (Å²) in [5, 5.41) is 3.02. The molecule has 2 N–H and O–H groups in total. The molecule has 1 aromatic heterocycles. The summed E-state index contributed by atoms with van der Waals surface area (Å²) in [7, 11) is 0. The van der Waals surface area contributed by atoms with E-state index in [-0.39, 0.29) is 11.7 Å². The molecule has 5 nitrogen and oxygen atoms in total. The van der Waals surface area contributed by atoms with Crippen molar-refractivity contribution in [1.82, 2.24) is 15.2 Å². The van der Waals surface area contributed by atoms with E-state index >= 15 is 0 Å². The first-order chi connectivity index (χ1) is 13.4. The summed E-state index contributed by atoms with van der Waals surface area (Å²) >= 11 is 0. The fraction of sp³-hybridized carbons (Fsp3) is 0.478. The number of nitrogens with one attached hydrogen (secondary N) is 2. The second kappa shape index (κ2) is 8.74. The van der Waals surface area contributed by atoms with Gasteiger partial charge in [-0.15, -0.1) is 0 Å². The van der Waals surface area contributed by atoms with Crippen molar-refractivity contribution in [2.75, 3.05) is 13.1 Å². The highest BCUT2D eigenvalue weighted by Gasteiger charge is 2.20. The predicted molar refractivity (Wildman–Crippen MR) is 112 cm³/mol. The Labute approximate surface area is 167 Å². The average molecular weight is 382 g/mol. The van der Waals surface area contributed by atoms with Crippen LogP contribution in [0.5, 0.6) is 0 Å². The van der Waals surface area contributed by atoms with Gasteiger partial charge in [-0.25, -0.2) is 0 Å². The lowest BCUT2D eigenvalue weighted by Crippen LogP contribution is -2.34. The number of ketones is 1. The van der Waals surface area contributed by atoms with Gasteiger partial charge >= 0.3 is 0 Å². The minimum atomic E-state index is -0.172. The number of hydrogen-bond donors (Lipinski definition) is 2. The molecule has 0 radical (unpaired) electrons. The molecular formula is C23H31N3O2. The molecule has 1 aromatic carbocycles. The number of aryl methyl sites for hydroxylation is 1. The Balaban J connectivity index is 1.69. The minimum absolute atomic E-state index is 0.0218. The van der Waals surface area contributed by atoms with Crippen LogP contribution in [-0.2, 0) is 13.1 Å². The van der Waals surface area contributed by atoms with Crippen LogP contribution < -0.4 is 5.32 Å². The van der Waals surface area contributed by atoms with Gasteiger partial charge in [0.25, 0.3) is 5.91 Å². The van der Waals surface area contributed by atoms with Gasteiger partial charge in [0.15, 0.2) is 5.78 Å². The molecule has 1 fully saturated rings. The number of nitrogens with zero attached hydrogens (tertiary/aromatic N) is 1. The van der Waals surface area contributed by atoms with E-state index in [4.69, 9.17) is 0 Å². The van der Waals surface area contributed by atoms with E-state index in [2.05, 4.69) is 40.3 Å². The van der Waals surface area contributed by atoms with Gasteiger partial charge in [0.1, 0.15) is 5.69 Å². The van der Waals surface area contributed by atoms with Gasteiger partial charge in [0.05, 0.1) is 0 Å². The van der Waals surface area contributed by atoms with Crippen LogP contribution in [0.15, 0.2) is 24.3 Å². The minimum Gasteiger partial charge on any atom is -0.354 e. The quantitative estimate of drug-likeness (QED) is 0.744. The molecule has 28 heavy (non-hydrogen) atoms. The van der Waals surface area contributed by atoms with Crippen LogP contribution >= 0.6 is 0 Å². The molecule has 0 aliphatic carbocycles. The summed E-state index contributed by atoms with van der Waals surface area (Å²) in [4.78, 5) is 30.1. The number of H-pyrrole nitrogens is 1. The van der Waals surface area contributed by atoms with E-state index in [9.17, 15) is 9.59 Å². The molecule has 2 heterocycles. The van der Waals surface area contributed by atoms with Crippen molar-refractivity contribution in [2.24, 2.45) is 5.92 Å². The van der Waals surface area contributed by atoms with E-state index in [0.29, 0.717) is 17.8 Å². The smallest absolute Gasteiger partial charge is 0.268 e. The van der Waals surface area contributed by atoms with E-state index in [1.807, 2.05) is 19.9 Å². The van der Waals surface area contributed by atoms with Crippen molar-refractivity contribution in [1.29, 1.82) is 0 Å². The Kier molecular flexibility index (Phi) is 6.35. The van der Waals surface area contributed by atoms with E-state index < -0.39 is 0 Å². The van der Waals surface area contributed by atoms with Crippen molar-refractivity contribution >= 4 is 11.7 Å². The largest absolute Gasteiger partial charge is 0.354 e. The fourth-order valence-electron chi connectivity index (χ4n) is 4.32. The van der Waals surface area contributed by atoms with Gasteiger partial charge in [-0.2, -0.15) is 0 Å². The maximum atomic E-state index is 12.7. The number of rotatable bonds is 6. The first-order valence-electron chi connectivity index (χ1n) is 10.1. The molecular weight excluding hydrogens is 350 g/mol. The summed E-state index contributed by atoms with van der Waals surface area (Å²) in [6.07, 6.45) is 2.56. The van der Waals surface area contributed by atoms with Crippen molar-refractivity contribution in [2.45, 2.75) is 53.6 Å². The molecule has 0 saturated carbocycles. The number of Topliss-reactive ketones (excluding diaryl/α,β-unsaturated/α-hetero) is 1. The number of piperidine rings is 1. The lowest BCUT2D eigenvalue weighted by atomic mass is 9.99. The molecule has 1 saturated heterocycles. The van der Waals surface area contributed by atoms with Crippen LogP contribution in [0.4, 0.5) is 0 Å². The van der Waals surface area contributed by atoms with Crippen molar-refractivity contribution in [3.8, 4) is 0 Å². The topological polar surface area (TPSA) is 65.2 Å². The number of benzene rings is 1. The van der Waals surface area contributed by atoms with Crippen LogP contribution in [0.3, 0.4) is 0 Å². The number of hydrogen-bond acceptors (Lipinski definition) is 3. The van der Waals surface area contributed by atoms with Gasteiger partial charge in [0.2, 0.25) is 0 Å². The number of aromatic nitrogens is 1. The Morgan fingerprint density at radius 3 is 2.57 bits per heavy atom. The highest BCUT2D eigenvalue weighted by molar-refractivity contribution is 6.02. The number of likely N-dealkylation sites (tertiary alicyclic amines) is 1. The zero-order chi connectivity index (χ0) is 20.3. The lowest BCUT2D eigenvalue weighted by molar-refractivity contribution is 0.0945. The highest BCUT2D eigenvalue weighted by atomic mass is 16.2. The zero-order valence-electron chi connectivity index (χ0n) is 17.4. The number of amides is 1. The third-order valence-corrected chi connectivity index (χ3v) is 5.71. The molecule has 0 bridgehead atoms. The second-order valence-corrected chi connectivity index (χ2v) is 8.12. The lowest BCUT2D eigenvalue weighted by Gasteiger charge is -2.31. The van der Waals surface area contributed by atoms with E-state index in [1.165, 1.54) is 25.3 Å². The molecule has 0 spiro atoms. The van der Waals surface area contributed by atoms with Gasteiger partial charge in [-0.1, -0.05) is 31.2 Å². The average Bonchev–Trinajstić information content (AvgIpc) is 2.95. The van der Waals surface area contributed by atoms with Crippen LogP contribution in [0, 0.1) is 19.8 Å². The summed E-state index contributed by atoms with van der Waals surface area (Å²) in [5.74, 6) is 0.552. The number of carbonyl (C=O) groups excluding carboxylic acids is 2.